The Morgan fingerprint density at radius 3 is 3.00 bits per heavy atom. The van der Waals surface area contributed by atoms with Crippen LogP contribution in [0.15, 0.2) is 18.9 Å². The Kier molecular flexibility index (Phi) is 4.02. The smallest absolute Gasteiger partial charge is 0.360 e. The Morgan fingerprint density at radius 2 is 2.43 bits per heavy atom. The lowest BCUT2D eigenvalue weighted by Gasteiger charge is -2.32. The third kappa shape index (κ3) is 3.07. The number of carbonyl (C=O) groups is 2. The number of hydroxylamine groups is 4. The van der Waals surface area contributed by atoms with E-state index in [0.29, 0.717) is 0 Å². The van der Waals surface area contributed by atoms with Gasteiger partial charge < -0.3 is 15.7 Å². The van der Waals surface area contributed by atoms with Gasteiger partial charge in [-0.05, 0) is 0 Å². The fraction of sp³-hybridized carbons (Fsp3) is 0.455. The number of ether oxygens (including phenoxy) is 1. The van der Waals surface area contributed by atoms with Gasteiger partial charge in [-0.2, -0.15) is 0 Å². The molecule has 3 unspecified atom stereocenters. The largest absolute Gasteiger partial charge is 0.598 e. The van der Waals surface area contributed by atoms with Crippen LogP contribution in [-0.4, -0.2) is 56.1 Å². The minimum Gasteiger partial charge on any atom is -0.598 e. The first-order chi connectivity index (χ1) is 9.85. The number of nitrogens with two attached hydrogens (primary N) is 1. The Bertz CT molecular complexity index is 569. The van der Waals surface area contributed by atoms with Gasteiger partial charge in [0.15, 0.2) is 11.7 Å². The second kappa shape index (κ2) is 5.60. The highest BCUT2D eigenvalue weighted by molar-refractivity contribution is 5.86. The van der Waals surface area contributed by atoms with E-state index < -0.39 is 28.8 Å². The summed E-state index contributed by atoms with van der Waals surface area (Å²) in [6, 6.07) is -1.85. The second-order valence-electron chi connectivity index (χ2n) is 4.72. The normalized spacial score (nSPS) is 28.3. The van der Waals surface area contributed by atoms with Gasteiger partial charge in [-0.3, -0.25) is 4.79 Å². The zero-order valence-corrected chi connectivity index (χ0v) is 11.1. The van der Waals surface area contributed by atoms with Gasteiger partial charge >= 0.3 is 5.97 Å². The van der Waals surface area contributed by atoms with Crippen molar-refractivity contribution in [2.45, 2.75) is 18.5 Å². The van der Waals surface area contributed by atoms with Crippen LogP contribution in [0.3, 0.4) is 0 Å². The predicted octanol–water partition coefficient (Wildman–Crippen LogP) is -0.877. The minimum absolute atomic E-state index is 0.0137. The van der Waals surface area contributed by atoms with Crippen LogP contribution in [0.4, 0.5) is 0 Å². The number of primary amides is 1. The monoisotopic (exact) mass is 297 g/mol. The molecule has 21 heavy (non-hydrogen) atoms. The fourth-order valence-electron chi connectivity index (χ4n) is 2.19. The number of rotatable bonds is 5. The van der Waals surface area contributed by atoms with E-state index in [0.717, 1.165) is 0 Å². The van der Waals surface area contributed by atoms with Crippen molar-refractivity contribution in [1.82, 2.24) is 15.0 Å². The van der Waals surface area contributed by atoms with Crippen molar-refractivity contribution in [1.29, 1.82) is 0 Å². The van der Waals surface area contributed by atoms with E-state index in [-0.39, 0.29) is 25.3 Å². The summed E-state index contributed by atoms with van der Waals surface area (Å²) in [5.74, 6) is -1.57. The number of carbonyl (C=O) groups excluding carboxylic acids is 2. The molecule has 1 saturated heterocycles. The molecule has 0 aromatic carbocycles. The highest BCUT2D eigenvalue weighted by Crippen LogP contribution is 2.30. The average molecular weight is 297 g/mol. The van der Waals surface area contributed by atoms with E-state index in [1.807, 2.05) is 0 Å². The number of amides is 1. The molecule has 10 nitrogen and oxygen atoms in total. The van der Waals surface area contributed by atoms with Crippen LogP contribution in [0.5, 0.6) is 0 Å². The summed E-state index contributed by atoms with van der Waals surface area (Å²) in [7, 11) is 0. The van der Waals surface area contributed by atoms with Crippen molar-refractivity contribution in [3.05, 3.63) is 29.8 Å². The molecule has 1 aromatic rings. The molecule has 0 radical (unpaired) electrons. The lowest BCUT2D eigenvalue weighted by Crippen LogP contribution is -2.50. The third-order valence-electron chi connectivity index (χ3n) is 3.21. The quantitative estimate of drug-likeness (QED) is 0.311. The summed E-state index contributed by atoms with van der Waals surface area (Å²) >= 11 is 0. The molecule has 3 N–H and O–H groups in total. The SMILES string of the molecule is C=CCOC(=O)c1cn(C2CC(C(N)=O)[N+]([O-])(O)C2)nn1. The molecule has 1 amide bonds. The first kappa shape index (κ1) is 15.1. The molecule has 0 aliphatic carbocycles. The van der Waals surface area contributed by atoms with Crippen LogP contribution in [0, 0.1) is 5.21 Å². The van der Waals surface area contributed by atoms with Gasteiger partial charge in [0.25, 0.3) is 5.91 Å². The van der Waals surface area contributed by atoms with Gasteiger partial charge in [0.2, 0.25) is 0 Å². The van der Waals surface area contributed by atoms with Crippen LogP contribution < -0.4 is 5.73 Å². The minimum atomic E-state index is -1.75. The molecule has 1 aliphatic heterocycles. The third-order valence-corrected chi connectivity index (χ3v) is 3.21. The highest BCUT2D eigenvalue weighted by atomic mass is 16.8. The average Bonchev–Trinajstić information content (AvgIpc) is 2.99. The summed E-state index contributed by atoms with van der Waals surface area (Å²) < 4.78 is 6.04. The molecule has 1 fully saturated rings. The molecular weight excluding hydrogens is 282 g/mol. The highest BCUT2D eigenvalue weighted by Gasteiger charge is 2.46. The lowest BCUT2D eigenvalue weighted by atomic mass is 10.1. The molecule has 0 saturated carbocycles. The van der Waals surface area contributed by atoms with Gasteiger partial charge in [0.1, 0.15) is 19.2 Å². The van der Waals surface area contributed by atoms with E-state index in [1.54, 1.807) is 0 Å². The number of esters is 1. The van der Waals surface area contributed by atoms with Crippen molar-refractivity contribution in [2.75, 3.05) is 13.2 Å². The van der Waals surface area contributed by atoms with Gasteiger partial charge in [-0.25, -0.2) is 19.5 Å². The standard InChI is InChI=1S/C11H15N5O5/c1-2-3-21-11(18)8-5-15(14-13-8)7-4-9(10(12)17)16(19,20)6-7/h2,5,7,9,19H,1,3-4,6H2,(H2,12,17). The van der Waals surface area contributed by atoms with E-state index in [9.17, 15) is 20.0 Å². The zero-order valence-electron chi connectivity index (χ0n) is 11.1. The van der Waals surface area contributed by atoms with Crippen molar-refractivity contribution in [3.63, 3.8) is 0 Å². The molecule has 3 atom stereocenters. The van der Waals surface area contributed by atoms with Crippen molar-refractivity contribution < 1.29 is 24.3 Å². The van der Waals surface area contributed by atoms with Crippen LogP contribution in [0.1, 0.15) is 23.0 Å². The van der Waals surface area contributed by atoms with E-state index in [1.165, 1.54) is 17.0 Å². The Balaban J connectivity index is 2.10. The topological polar surface area (TPSA) is 143 Å². The van der Waals surface area contributed by atoms with Crippen molar-refractivity contribution in [3.8, 4) is 0 Å². The van der Waals surface area contributed by atoms with Gasteiger partial charge in [-0.1, -0.05) is 17.9 Å². The number of hydrogen-bond donors (Lipinski definition) is 2. The maximum absolute atomic E-state index is 11.8. The van der Waals surface area contributed by atoms with E-state index in [2.05, 4.69) is 16.9 Å². The number of aromatic nitrogens is 3. The summed E-state index contributed by atoms with van der Waals surface area (Å²) in [5.41, 5.74) is 5.04. The summed E-state index contributed by atoms with van der Waals surface area (Å²) in [4.78, 5) is 20.9. The summed E-state index contributed by atoms with van der Waals surface area (Å²) in [6.45, 7) is 3.14. The molecule has 10 heteroatoms. The predicted molar refractivity (Wildman–Crippen MR) is 67.4 cm³/mol. The zero-order chi connectivity index (χ0) is 15.6. The summed E-state index contributed by atoms with van der Waals surface area (Å²) in [5, 5.41) is 28.7. The Hall–Kier alpha value is -2.30. The van der Waals surface area contributed by atoms with E-state index in [4.69, 9.17) is 10.5 Å². The molecule has 1 aliphatic rings. The van der Waals surface area contributed by atoms with Crippen molar-refractivity contribution in [2.24, 2.45) is 5.73 Å². The van der Waals surface area contributed by atoms with Crippen LogP contribution >= 0.6 is 0 Å². The molecule has 2 heterocycles. The van der Waals surface area contributed by atoms with Gasteiger partial charge in [-0.15, -0.1) is 5.10 Å². The van der Waals surface area contributed by atoms with Gasteiger partial charge in [0, 0.05) is 6.42 Å². The number of nitrogens with zero attached hydrogens (tertiary/aromatic N) is 4. The molecule has 2 rings (SSSR count). The second-order valence-corrected chi connectivity index (χ2v) is 4.72. The Morgan fingerprint density at radius 1 is 1.71 bits per heavy atom. The molecular formula is C11H15N5O5. The fourth-order valence-corrected chi connectivity index (χ4v) is 2.19. The van der Waals surface area contributed by atoms with Gasteiger partial charge in [0.05, 0.1) is 6.20 Å². The maximum Gasteiger partial charge on any atom is 0.360 e. The van der Waals surface area contributed by atoms with E-state index >= 15 is 0 Å². The molecule has 114 valence electrons. The van der Waals surface area contributed by atoms with Crippen LogP contribution in [-0.2, 0) is 9.53 Å². The Labute approximate surface area is 119 Å². The van der Waals surface area contributed by atoms with Crippen LogP contribution in [0.25, 0.3) is 0 Å². The number of quaternary nitrogens is 1. The first-order valence-electron chi connectivity index (χ1n) is 6.16. The summed E-state index contributed by atoms with van der Waals surface area (Å²) in [6.07, 6.45) is 2.71. The van der Waals surface area contributed by atoms with Crippen LogP contribution in [0.2, 0.25) is 0 Å². The number of hydrogen-bond acceptors (Lipinski definition) is 7. The molecule has 1 aromatic heterocycles. The first-order valence-corrected chi connectivity index (χ1v) is 6.16. The molecule has 0 bridgehead atoms. The van der Waals surface area contributed by atoms with Crippen molar-refractivity contribution >= 4 is 11.9 Å². The maximum atomic E-state index is 11.8. The lowest BCUT2D eigenvalue weighted by molar-refractivity contribution is -1.07. The molecule has 0 spiro atoms.